The molecule has 2 nitrogen and oxygen atoms in total. The van der Waals surface area contributed by atoms with Gasteiger partial charge in [-0.25, -0.2) is 4.57 Å². The van der Waals surface area contributed by atoms with Gasteiger partial charge in [-0.15, -0.1) is 4.57 Å². The molecule has 0 bridgehead atoms. The Bertz CT molecular complexity index is 1200. The summed E-state index contributed by atoms with van der Waals surface area (Å²) < 4.78 is 3.90. The molecule has 0 spiro atoms. The van der Waals surface area contributed by atoms with Crippen molar-refractivity contribution in [1.82, 2.24) is 0 Å². The van der Waals surface area contributed by atoms with Crippen molar-refractivity contribution in [3.8, 4) is 57.9 Å². The maximum atomic E-state index is 2.99. The van der Waals surface area contributed by atoms with Crippen molar-refractivity contribution in [2.75, 3.05) is 0 Å². The van der Waals surface area contributed by atoms with Gasteiger partial charge in [-0.3, -0.25) is 0 Å². The molecular weight excluding hydrogens is 340 g/mol. The first-order valence-electron chi connectivity index (χ1n) is 9.10. The smallest absolute Gasteiger partial charge is 0.207 e. The largest absolute Gasteiger partial charge is 0.243 e. The van der Waals surface area contributed by atoms with Crippen LogP contribution in [-0.2, 0) is 7.05 Å². The number of hydrogen-bond donors (Lipinski definition) is 0. The molecule has 2 heteroatoms. The Kier molecular flexibility index (Phi) is 5.91. The molecule has 0 amide bonds. The average Bonchev–Trinajstić information content (AvgIpc) is 2.68. The van der Waals surface area contributed by atoms with E-state index in [0.29, 0.717) is 0 Å². The van der Waals surface area contributed by atoms with Gasteiger partial charge in [-0.2, -0.15) is 0 Å². The van der Waals surface area contributed by atoms with E-state index in [1.807, 2.05) is 24.0 Å². The minimum atomic E-state index is 1.16. The van der Waals surface area contributed by atoms with E-state index in [1.165, 1.54) is 27.8 Å². The van der Waals surface area contributed by atoms with Gasteiger partial charge in [0.25, 0.3) is 0 Å². The van der Waals surface area contributed by atoms with Gasteiger partial charge < -0.3 is 0 Å². The molecule has 0 saturated heterocycles. The third-order valence-electron chi connectivity index (χ3n) is 4.46. The molecule has 3 rings (SSSR count). The SMILES string of the molecule is CC#CC#CC#C[n+]1ccc(-c2ccc(-c3cc[n+](C)cc3C)cc2)c(C)c1. The molecule has 2 heterocycles. The lowest BCUT2D eigenvalue weighted by atomic mass is 9.97. The highest BCUT2D eigenvalue weighted by Gasteiger charge is 2.09. The van der Waals surface area contributed by atoms with Gasteiger partial charge in [0.2, 0.25) is 6.04 Å². The predicted molar refractivity (Wildman–Crippen MR) is 113 cm³/mol. The van der Waals surface area contributed by atoms with E-state index in [4.69, 9.17) is 0 Å². The Labute approximate surface area is 167 Å². The number of benzene rings is 1. The van der Waals surface area contributed by atoms with E-state index in [1.54, 1.807) is 6.92 Å². The molecule has 0 atom stereocenters. The van der Waals surface area contributed by atoms with Crippen LogP contribution in [0, 0.1) is 49.5 Å². The number of nitrogens with zero attached hydrogens (tertiary/aromatic N) is 2. The Morgan fingerprint density at radius 3 is 1.82 bits per heavy atom. The van der Waals surface area contributed by atoms with E-state index in [2.05, 4.69) is 103 Å². The predicted octanol–water partition coefficient (Wildman–Crippen LogP) is 3.59. The lowest BCUT2D eigenvalue weighted by molar-refractivity contribution is -0.671. The Hall–Kier alpha value is -3.80. The van der Waals surface area contributed by atoms with Gasteiger partial charge in [0.15, 0.2) is 24.8 Å². The van der Waals surface area contributed by atoms with Crippen LogP contribution in [0.25, 0.3) is 22.3 Å². The van der Waals surface area contributed by atoms with Crippen LogP contribution in [0.5, 0.6) is 0 Å². The highest BCUT2D eigenvalue weighted by atomic mass is 14.9. The van der Waals surface area contributed by atoms with Crippen LogP contribution >= 0.6 is 0 Å². The number of hydrogen-bond acceptors (Lipinski definition) is 0. The van der Waals surface area contributed by atoms with E-state index < -0.39 is 0 Å². The molecule has 0 saturated carbocycles. The van der Waals surface area contributed by atoms with Crippen molar-refractivity contribution >= 4 is 0 Å². The topological polar surface area (TPSA) is 7.76 Å². The third-order valence-corrected chi connectivity index (χ3v) is 4.46. The van der Waals surface area contributed by atoms with Crippen LogP contribution < -0.4 is 9.13 Å². The van der Waals surface area contributed by atoms with Crippen LogP contribution in [-0.4, -0.2) is 0 Å². The third kappa shape index (κ3) is 4.48. The van der Waals surface area contributed by atoms with Crippen molar-refractivity contribution in [1.29, 1.82) is 0 Å². The van der Waals surface area contributed by atoms with Crippen LogP contribution in [0.4, 0.5) is 0 Å². The first kappa shape index (κ1) is 19.0. The number of pyridine rings is 2. The van der Waals surface area contributed by atoms with Crippen LogP contribution in [0.3, 0.4) is 0 Å². The summed E-state index contributed by atoms with van der Waals surface area (Å²) in [7, 11) is 2.04. The molecule has 0 radical (unpaired) electrons. The summed E-state index contributed by atoms with van der Waals surface area (Å²) in [5.74, 6) is 13.6. The second kappa shape index (κ2) is 8.73. The van der Waals surface area contributed by atoms with Crippen molar-refractivity contribution in [2.45, 2.75) is 20.8 Å². The van der Waals surface area contributed by atoms with E-state index >= 15 is 0 Å². The molecule has 1 aromatic carbocycles. The van der Waals surface area contributed by atoms with Crippen LogP contribution in [0.15, 0.2) is 61.2 Å². The Morgan fingerprint density at radius 1 is 0.679 bits per heavy atom. The molecule has 0 aliphatic heterocycles. The molecule has 0 aliphatic carbocycles. The lowest BCUT2D eigenvalue weighted by Gasteiger charge is -2.07. The molecular formula is C26H22N2+2. The molecule has 28 heavy (non-hydrogen) atoms. The highest BCUT2D eigenvalue weighted by Crippen LogP contribution is 2.27. The van der Waals surface area contributed by atoms with Gasteiger partial charge in [0.05, 0.1) is 5.92 Å². The zero-order chi connectivity index (χ0) is 19.9. The Balaban J connectivity index is 1.86. The van der Waals surface area contributed by atoms with Crippen molar-refractivity contribution in [3.63, 3.8) is 0 Å². The monoisotopic (exact) mass is 362 g/mol. The zero-order valence-corrected chi connectivity index (χ0v) is 16.7. The summed E-state index contributed by atoms with van der Waals surface area (Å²) >= 11 is 0. The van der Waals surface area contributed by atoms with Gasteiger partial charge >= 0.3 is 0 Å². The molecule has 2 aromatic heterocycles. The lowest BCUT2D eigenvalue weighted by Crippen LogP contribution is -2.27. The van der Waals surface area contributed by atoms with E-state index in [9.17, 15) is 0 Å². The molecule has 0 fully saturated rings. The fraction of sp³-hybridized carbons (Fsp3) is 0.154. The number of rotatable bonds is 2. The van der Waals surface area contributed by atoms with E-state index in [0.717, 1.165) is 5.56 Å². The van der Waals surface area contributed by atoms with Gasteiger partial charge in [-0.05, 0) is 54.9 Å². The molecule has 0 unspecified atom stereocenters. The summed E-state index contributed by atoms with van der Waals surface area (Å²) in [4.78, 5) is 0. The molecule has 0 N–H and O–H groups in total. The average molecular weight is 362 g/mol. The highest BCUT2D eigenvalue weighted by molar-refractivity contribution is 5.72. The minimum Gasteiger partial charge on any atom is -0.207 e. The Morgan fingerprint density at radius 2 is 1.25 bits per heavy atom. The standard InChI is InChI=1S/C26H22N2/c1-5-6-7-8-9-16-28-18-15-26(22(3)20-28)24-12-10-23(11-13-24)25-14-17-27(4)19-21(25)2/h10-15,17-20H,1-4H3/q+2. The summed E-state index contributed by atoms with van der Waals surface area (Å²) in [5, 5.41) is 0. The van der Waals surface area contributed by atoms with Crippen LogP contribution in [0.2, 0.25) is 0 Å². The van der Waals surface area contributed by atoms with Crippen molar-refractivity contribution in [3.05, 3.63) is 72.3 Å². The normalized spacial score (nSPS) is 9.29. The maximum Gasteiger partial charge on any atom is 0.243 e. The molecule has 3 aromatic rings. The first-order valence-corrected chi connectivity index (χ1v) is 9.10. The zero-order valence-electron chi connectivity index (χ0n) is 16.7. The summed E-state index contributed by atoms with van der Waals surface area (Å²) in [6, 6.07) is 16.0. The molecule has 134 valence electrons. The molecule has 0 aliphatic rings. The minimum absolute atomic E-state index is 1.16. The maximum absolute atomic E-state index is 2.99. The first-order chi connectivity index (χ1) is 13.6. The second-order valence-corrected chi connectivity index (χ2v) is 6.59. The summed E-state index contributed by atoms with van der Waals surface area (Å²) in [5.41, 5.74) is 7.30. The van der Waals surface area contributed by atoms with Crippen molar-refractivity contribution < 1.29 is 9.13 Å². The summed E-state index contributed by atoms with van der Waals surface area (Å²) in [6.07, 6.45) is 8.20. The second-order valence-electron chi connectivity index (χ2n) is 6.59. The fourth-order valence-electron chi connectivity index (χ4n) is 3.11. The van der Waals surface area contributed by atoms with Gasteiger partial charge in [-0.1, -0.05) is 30.2 Å². The van der Waals surface area contributed by atoms with Gasteiger partial charge in [0, 0.05) is 29.2 Å². The quantitative estimate of drug-likeness (QED) is 0.486. The fourth-order valence-corrected chi connectivity index (χ4v) is 3.11. The number of aromatic nitrogens is 2. The van der Waals surface area contributed by atoms with Crippen molar-refractivity contribution in [2.24, 2.45) is 7.05 Å². The van der Waals surface area contributed by atoms with E-state index in [-0.39, 0.29) is 0 Å². The van der Waals surface area contributed by atoms with Gasteiger partial charge in [0.1, 0.15) is 7.05 Å². The summed E-state index contributed by atoms with van der Waals surface area (Å²) in [6.45, 7) is 5.99. The van der Waals surface area contributed by atoms with Crippen LogP contribution in [0.1, 0.15) is 18.1 Å². The number of aryl methyl sites for hydroxylation is 3.